The van der Waals surface area contributed by atoms with Crippen molar-refractivity contribution in [2.24, 2.45) is 0 Å². The van der Waals surface area contributed by atoms with Crippen LogP contribution in [-0.2, 0) is 0 Å². The van der Waals surface area contributed by atoms with Gasteiger partial charge in [-0.1, -0.05) is 0 Å². The lowest BCUT2D eigenvalue weighted by atomic mass is 10.1. The van der Waals surface area contributed by atoms with Crippen molar-refractivity contribution in [1.82, 2.24) is 0 Å². The van der Waals surface area contributed by atoms with E-state index in [4.69, 9.17) is 10.2 Å². The summed E-state index contributed by atoms with van der Waals surface area (Å²) >= 11 is 0.785. The first kappa shape index (κ1) is 10.2. The van der Waals surface area contributed by atoms with Crippen LogP contribution in [0.3, 0.4) is 0 Å². The molecule has 1 aliphatic heterocycles. The van der Waals surface area contributed by atoms with Gasteiger partial charge in [-0.2, -0.15) is 0 Å². The van der Waals surface area contributed by atoms with Gasteiger partial charge in [0.15, 0.2) is 4.93 Å². The standard InChI is InChI=1S/C6H12O5S/c7-1-3-4(9)5(10)6(11,2-8)12-3/h3-5,7-11H,1-2H2/t3-,4-,5+,6?/m1/s1. The van der Waals surface area contributed by atoms with Crippen LogP contribution in [0.2, 0.25) is 0 Å². The van der Waals surface area contributed by atoms with E-state index >= 15 is 0 Å². The van der Waals surface area contributed by atoms with Crippen LogP contribution >= 0.6 is 11.8 Å². The predicted octanol–water partition coefficient (Wildman–Crippen LogP) is -2.50. The molecule has 0 saturated carbocycles. The van der Waals surface area contributed by atoms with Gasteiger partial charge in [0.05, 0.1) is 24.6 Å². The Labute approximate surface area is 73.7 Å². The Hall–Kier alpha value is 0.150. The molecule has 0 aromatic rings. The fourth-order valence-electron chi connectivity index (χ4n) is 1.15. The molecule has 0 aromatic carbocycles. The van der Waals surface area contributed by atoms with E-state index in [0.717, 1.165) is 11.8 Å². The van der Waals surface area contributed by atoms with Crippen molar-refractivity contribution in [3.05, 3.63) is 0 Å². The van der Waals surface area contributed by atoms with Crippen LogP contribution < -0.4 is 0 Å². The van der Waals surface area contributed by atoms with Crippen molar-refractivity contribution in [1.29, 1.82) is 0 Å². The van der Waals surface area contributed by atoms with Crippen molar-refractivity contribution in [3.8, 4) is 0 Å². The maximum absolute atomic E-state index is 9.43. The Morgan fingerprint density at radius 2 is 1.83 bits per heavy atom. The Morgan fingerprint density at radius 3 is 2.08 bits per heavy atom. The monoisotopic (exact) mass is 196 g/mol. The summed E-state index contributed by atoms with van der Waals surface area (Å²) in [6.07, 6.45) is -2.61. The molecule has 0 radical (unpaired) electrons. The first-order valence-corrected chi connectivity index (χ1v) is 4.41. The molecule has 1 saturated heterocycles. The minimum Gasteiger partial charge on any atom is -0.395 e. The lowest BCUT2D eigenvalue weighted by Gasteiger charge is -2.22. The van der Waals surface area contributed by atoms with E-state index in [0.29, 0.717) is 0 Å². The predicted molar refractivity (Wildman–Crippen MR) is 42.5 cm³/mol. The Bertz CT molecular complexity index is 166. The molecule has 1 fully saturated rings. The van der Waals surface area contributed by atoms with E-state index in [1.807, 2.05) is 0 Å². The van der Waals surface area contributed by atoms with Crippen LogP contribution in [0.4, 0.5) is 0 Å². The molecule has 6 heteroatoms. The fourth-order valence-corrected chi connectivity index (χ4v) is 2.39. The molecule has 5 N–H and O–H groups in total. The summed E-state index contributed by atoms with van der Waals surface area (Å²) in [4.78, 5) is -1.74. The van der Waals surface area contributed by atoms with Crippen LogP contribution in [0.5, 0.6) is 0 Å². The average molecular weight is 196 g/mol. The SMILES string of the molecule is OC[C@H]1SC(O)(CO)[C@@H](O)[C@@H]1O. The second-order valence-corrected chi connectivity index (χ2v) is 4.33. The molecule has 0 bridgehead atoms. The van der Waals surface area contributed by atoms with Gasteiger partial charge in [-0.25, -0.2) is 0 Å². The molecule has 72 valence electrons. The average Bonchev–Trinajstić information content (AvgIpc) is 2.31. The zero-order valence-electron chi connectivity index (χ0n) is 6.29. The fraction of sp³-hybridized carbons (Fsp3) is 1.00. The zero-order valence-corrected chi connectivity index (χ0v) is 7.11. The third kappa shape index (κ3) is 1.46. The summed E-state index contributed by atoms with van der Waals surface area (Å²) in [6.45, 7) is -0.988. The molecule has 1 aliphatic rings. The van der Waals surface area contributed by atoms with Gasteiger partial charge in [-0.15, -0.1) is 11.8 Å². The highest BCUT2D eigenvalue weighted by molar-refractivity contribution is 8.01. The van der Waals surface area contributed by atoms with Gasteiger partial charge in [0.25, 0.3) is 0 Å². The van der Waals surface area contributed by atoms with Gasteiger partial charge in [0.2, 0.25) is 0 Å². The van der Waals surface area contributed by atoms with Crippen molar-refractivity contribution in [3.63, 3.8) is 0 Å². The van der Waals surface area contributed by atoms with Crippen molar-refractivity contribution in [2.75, 3.05) is 13.2 Å². The minimum absolute atomic E-state index is 0.342. The summed E-state index contributed by atoms with van der Waals surface area (Å²) in [5, 5.41) is 44.6. The van der Waals surface area contributed by atoms with E-state index in [9.17, 15) is 15.3 Å². The molecule has 1 rings (SSSR count). The molecule has 0 amide bonds. The van der Waals surface area contributed by atoms with Crippen LogP contribution in [0, 0.1) is 0 Å². The Kier molecular flexibility index (Phi) is 2.97. The molecular formula is C6H12O5S. The molecule has 1 heterocycles. The van der Waals surface area contributed by atoms with E-state index in [1.165, 1.54) is 0 Å². The number of rotatable bonds is 2. The highest BCUT2D eigenvalue weighted by Gasteiger charge is 2.52. The second kappa shape index (κ2) is 3.49. The first-order valence-electron chi connectivity index (χ1n) is 3.53. The normalized spacial score (nSPS) is 48.2. The summed E-state index contributed by atoms with van der Waals surface area (Å²) in [6, 6.07) is 0. The Morgan fingerprint density at radius 1 is 1.25 bits per heavy atom. The maximum atomic E-state index is 9.43. The van der Waals surface area contributed by atoms with Crippen molar-refractivity contribution in [2.45, 2.75) is 22.4 Å². The number of aliphatic hydroxyl groups excluding tert-OH is 4. The van der Waals surface area contributed by atoms with E-state index < -0.39 is 29.0 Å². The summed E-state index contributed by atoms with van der Waals surface area (Å²) in [5.74, 6) is 0. The summed E-state index contributed by atoms with van der Waals surface area (Å²) < 4.78 is 0. The van der Waals surface area contributed by atoms with E-state index in [2.05, 4.69) is 0 Å². The van der Waals surface area contributed by atoms with Gasteiger partial charge >= 0.3 is 0 Å². The van der Waals surface area contributed by atoms with Crippen molar-refractivity contribution >= 4 is 11.8 Å². The largest absolute Gasteiger partial charge is 0.395 e. The molecule has 1 unspecified atom stereocenters. The summed E-state index contributed by atoms with van der Waals surface area (Å²) in [5.41, 5.74) is 0. The van der Waals surface area contributed by atoms with Crippen LogP contribution in [-0.4, -0.2) is 61.1 Å². The first-order chi connectivity index (χ1) is 5.55. The van der Waals surface area contributed by atoms with Gasteiger partial charge in [0, 0.05) is 0 Å². The number of aliphatic hydroxyl groups is 5. The van der Waals surface area contributed by atoms with Crippen molar-refractivity contribution < 1.29 is 25.5 Å². The second-order valence-electron chi connectivity index (χ2n) is 2.78. The number of hydrogen-bond donors (Lipinski definition) is 5. The minimum atomic E-state index is -1.74. The highest BCUT2D eigenvalue weighted by atomic mass is 32.2. The van der Waals surface area contributed by atoms with Crippen LogP contribution in [0.25, 0.3) is 0 Å². The quantitative estimate of drug-likeness (QED) is 0.334. The molecule has 0 spiro atoms. The molecule has 0 aliphatic carbocycles. The third-order valence-corrected chi connectivity index (χ3v) is 3.44. The molecule has 5 nitrogen and oxygen atoms in total. The molecular weight excluding hydrogens is 184 g/mol. The number of thioether (sulfide) groups is 1. The third-order valence-electron chi connectivity index (χ3n) is 1.93. The van der Waals surface area contributed by atoms with E-state index in [-0.39, 0.29) is 6.61 Å². The van der Waals surface area contributed by atoms with Gasteiger partial charge in [-0.05, 0) is 0 Å². The maximum Gasteiger partial charge on any atom is 0.162 e. The molecule has 4 atom stereocenters. The van der Waals surface area contributed by atoms with E-state index in [1.54, 1.807) is 0 Å². The highest BCUT2D eigenvalue weighted by Crippen LogP contribution is 2.41. The van der Waals surface area contributed by atoms with Gasteiger partial charge < -0.3 is 25.5 Å². The topological polar surface area (TPSA) is 101 Å². The lowest BCUT2D eigenvalue weighted by molar-refractivity contribution is -0.0832. The lowest BCUT2D eigenvalue weighted by Crippen LogP contribution is -2.44. The summed E-state index contributed by atoms with van der Waals surface area (Å²) in [7, 11) is 0. The van der Waals surface area contributed by atoms with Gasteiger partial charge in [0.1, 0.15) is 6.10 Å². The van der Waals surface area contributed by atoms with Crippen LogP contribution in [0.1, 0.15) is 0 Å². The number of hydrogen-bond acceptors (Lipinski definition) is 6. The van der Waals surface area contributed by atoms with Crippen LogP contribution in [0.15, 0.2) is 0 Å². The molecule has 0 aromatic heterocycles. The molecule has 12 heavy (non-hydrogen) atoms. The zero-order chi connectivity index (χ0) is 9.35. The van der Waals surface area contributed by atoms with Gasteiger partial charge in [-0.3, -0.25) is 0 Å². The Balaban J connectivity index is 2.72. The smallest absolute Gasteiger partial charge is 0.162 e.